The number of carbonyl (C=O) groups is 1. The summed E-state index contributed by atoms with van der Waals surface area (Å²) < 4.78 is 0. The highest BCUT2D eigenvalue weighted by Crippen LogP contribution is 2.23. The Hall–Kier alpha value is -3.03. The van der Waals surface area contributed by atoms with Gasteiger partial charge in [0.05, 0.1) is 10.6 Å². The Bertz CT molecular complexity index is 844. The van der Waals surface area contributed by atoms with E-state index in [4.69, 9.17) is 0 Å². The lowest BCUT2D eigenvalue weighted by Crippen LogP contribution is -2.49. The van der Waals surface area contributed by atoms with Gasteiger partial charge in [0.25, 0.3) is 11.6 Å². The number of nitrogens with zero attached hydrogens (tertiary/aromatic N) is 5. The van der Waals surface area contributed by atoms with Crippen molar-refractivity contribution in [1.82, 2.24) is 15.1 Å². The molecule has 0 bridgehead atoms. The molecule has 0 unspecified atom stereocenters. The Kier molecular flexibility index (Phi) is 4.24. The third kappa shape index (κ3) is 3.10. The van der Waals surface area contributed by atoms with E-state index in [0.29, 0.717) is 31.7 Å². The molecule has 0 atom stereocenters. The van der Waals surface area contributed by atoms with Crippen LogP contribution in [0, 0.1) is 10.1 Å². The van der Waals surface area contributed by atoms with Crippen LogP contribution in [-0.4, -0.2) is 52.1 Å². The molecule has 2 heterocycles. The number of piperazine rings is 1. The largest absolute Gasteiger partial charge is 0.352 e. The molecular weight excluding hydrogens is 334 g/mol. The number of hydrogen-bond acceptors (Lipinski definition) is 6. The summed E-state index contributed by atoms with van der Waals surface area (Å²) in [4.78, 5) is 26.8. The number of aryl methyl sites for hydroxylation is 2. The van der Waals surface area contributed by atoms with Gasteiger partial charge in [-0.15, -0.1) is 5.10 Å². The molecule has 2 aromatic rings. The average molecular weight is 353 g/mol. The molecule has 1 aliphatic heterocycles. The van der Waals surface area contributed by atoms with E-state index in [0.717, 1.165) is 30.8 Å². The molecule has 1 aromatic carbocycles. The fourth-order valence-corrected chi connectivity index (χ4v) is 3.52. The van der Waals surface area contributed by atoms with Gasteiger partial charge in [-0.25, -0.2) is 0 Å². The van der Waals surface area contributed by atoms with Gasteiger partial charge in [-0.05, 0) is 43.0 Å². The first-order chi connectivity index (χ1) is 12.6. The van der Waals surface area contributed by atoms with Crippen LogP contribution in [0.4, 0.5) is 11.5 Å². The lowest BCUT2D eigenvalue weighted by molar-refractivity contribution is -0.384. The second kappa shape index (κ2) is 6.70. The molecule has 0 radical (unpaired) electrons. The Balaban J connectivity index is 1.40. The second-order valence-electron chi connectivity index (χ2n) is 6.61. The number of nitro groups is 1. The zero-order valence-electron chi connectivity index (χ0n) is 14.3. The van der Waals surface area contributed by atoms with Crippen LogP contribution in [0.5, 0.6) is 0 Å². The van der Waals surface area contributed by atoms with Gasteiger partial charge in [-0.1, -0.05) is 0 Å². The molecule has 0 saturated carbocycles. The van der Waals surface area contributed by atoms with Gasteiger partial charge in [-0.3, -0.25) is 14.9 Å². The standard InChI is InChI=1S/C18H19N5O3/c24-18(13-4-6-15(7-5-13)23(25)26)22-10-8-21(9-11-22)17-12-14-2-1-3-16(14)19-20-17/h4-7,12H,1-3,8-11H2. The molecule has 8 heteroatoms. The van der Waals surface area contributed by atoms with E-state index in [-0.39, 0.29) is 11.6 Å². The number of amides is 1. The van der Waals surface area contributed by atoms with E-state index in [1.54, 1.807) is 4.90 Å². The zero-order valence-corrected chi connectivity index (χ0v) is 14.3. The third-order valence-electron chi connectivity index (χ3n) is 5.02. The van der Waals surface area contributed by atoms with Crippen LogP contribution < -0.4 is 4.90 Å². The molecule has 0 spiro atoms. The van der Waals surface area contributed by atoms with E-state index in [2.05, 4.69) is 21.2 Å². The van der Waals surface area contributed by atoms with Crippen LogP contribution in [0.2, 0.25) is 0 Å². The maximum Gasteiger partial charge on any atom is 0.269 e. The van der Waals surface area contributed by atoms with Crippen LogP contribution in [0.3, 0.4) is 0 Å². The summed E-state index contributed by atoms with van der Waals surface area (Å²) in [6.07, 6.45) is 3.22. The Morgan fingerprint density at radius 2 is 1.77 bits per heavy atom. The molecule has 134 valence electrons. The summed E-state index contributed by atoms with van der Waals surface area (Å²) in [7, 11) is 0. The number of benzene rings is 1. The van der Waals surface area contributed by atoms with Crippen LogP contribution >= 0.6 is 0 Å². The summed E-state index contributed by atoms with van der Waals surface area (Å²) in [5, 5.41) is 19.4. The molecule has 1 aliphatic carbocycles. The quantitative estimate of drug-likeness (QED) is 0.617. The molecule has 0 N–H and O–H groups in total. The van der Waals surface area contributed by atoms with Crippen molar-refractivity contribution in [2.45, 2.75) is 19.3 Å². The van der Waals surface area contributed by atoms with Gasteiger partial charge < -0.3 is 9.80 Å². The number of nitro benzene ring substituents is 1. The number of fused-ring (bicyclic) bond motifs is 1. The third-order valence-corrected chi connectivity index (χ3v) is 5.02. The predicted octanol–water partition coefficient (Wildman–Crippen LogP) is 1.84. The van der Waals surface area contributed by atoms with Crippen molar-refractivity contribution in [3.63, 3.8) is 0 Å². The first-order valence-corrected chi connectivity index (χ1v) is 8.76. The summed E-state index contributed by atoms with van der Waals surface area (Å²) in [6, 6.07) is 7.88. The fourth-order valence-electron chi connectivity index (χ4n) is 3.52. The SMILES string of the molecule is O=C(c1ccc([N+](=O)[O-])cc1)N1CCN(c2cc3c(nn2)CCC3)CC1. The molecule has 1 aromatic heterocycles. The molecule has 1 fully saturated rings. The molecule has 2 aliphatic rings. The van der Waals surface area contributed by atoms with Crippen LogP contribution in [-0.2, 0) is 12.8 Å². The highest BCUT2D eigenvalue weighted by Gasteiger charge is 2.24. The second-order valence-corrected chi connectivity index (χ2v) is 6.61. The van der Waals surface area contributed by atoms with E-state index in [1.165, 1.54) is 29.8 Å². The van der Waals surface area contributed by atoms with Gasteiger partial charge in [0.1, 0.15) is 0 Å². The average Bonchev–Trinajstić information content (AvgIpc) is 3.15. The number of rotatable bonds is 3. The van der Waals surface area contributed by atoms with Gasteiger partial charge in [0.15, 0.2) is 5.82 Å². The van der Waals surface area contributed by atoms with Crippen molar-refractivity contribution in [2.75, 3.05) is 31.1 Å². The maximum atomic E-state index is 12.6. The van der Waals surface area contributed by atoms with Crippen molar-refractivity contribution in [2.24, 2.45) is 0 Å². The van der Waals surface area contributed by atoms with Crippen molar-refractivity contribution < 1.29 is 9.72 Å². The van der Waals surface area contributed by atoms with E-state index < -0.39 is 4.92 Å². The Morgan fingerprint density at radius 1 is 1.04 bits per heavy atom. The van der Waals surface area contributed by atoms with Gasteiger partial charge >= 0.3 is 0 Å². The molecule has 26 heavy (non-hydrogen) atoms. The lowest BCUT2D eigenvalue weighted by Gasteiger charge is -2.35. The summed E-state index contributed by atoms with van der Waals surface area (Å²) in [5.41, 5.74) is 2.86. The first kappa shape index (κ1) is 16.4. The monoisotopic (exact) mass is 353 g/mol. The molecule has 1 saturated heterocycles. The number of anilines is 1. The fraction of sp³-hybridized carbons (Fsp3) is 0.389. The Morgan fingerprint density at radius 3 is 2.46 bits per heavy atom. The summed E-state index contributed by atoms with van der Waals surface area (Å²) in [5.74, 6) is 0.785. The van der Waals surface area contributed by atoms with Gasteiger partial charge in [-0.2, -0.15) is 5.10 Å². The van der Waals surface area contributed by atoms with Gasteiger partial charge in [0.2, 0.25) is 0 Å². The minimum Gasteiger partial charge on any atom is -0.352 e. The molecule has 4 rings (SSSR count). The maximum absolute atomic E-state index is 12.6. The van der Waals surface area contributed by atoms with Crippen molar-refractivity contribution >= 4 is 17.4 Å². The highest BCUT2D eigenvalue weighted by molar-refractivity contribution is 5.94. The topological polar surface area (TPSA) is 92.5 Å². The van der Waals surface area contributed by atoms with Crippen molar-refractivity contribution in [3.05, 3.63) is 57.3 Å². The van der Waals surface area contributed by atoms with Crippen molar-refractivity contribution in [3.8, 4) is 0 Å². The number of aromatic nitrogens is 2. The normalized spacial score (nSPS) is 16.5. The van der Waals surface area contributed by atoms with Crippen molar-refractivity contribution in [1.29, 1.82) is 0 Å². The van der Waals surface area contributed by atoms with Crippen LogP contribution in [0.1, 0.15) is 28.0 Å². The van der Waals surface area contributed by atoms with E-state index in [9.17, 15) is 14.9 Å². The van der Waals surface area contributed by atoms with Crippen LogP contribution in [0.25, 0.3) is 0 Å². The number of carbonyl (C=O) groups excluding carboxylic acids is 1. The van der Waals surface area contributed by atoms with E-state index in [1.807, 2.05) is 0 Å². The molecular formula is C18H19N5O3. The summed E-state index contributed by atoms with van der Waals surface area (Å²) >= 11 is 0. The zero-order chi connectivity index (χ0) is 18.1. The molecule has 1 amide bonds. The minimum absolute atomic E-state index is 0.0125. The number of hydrogen-bond donors (Lipinski definition) is 0. The van der Waals surface area contributed by atoms with E-state index >= 15 is 0 Å². The Labute approximate surface area is 150 Å². The first-order valence-electron chi connectivity index (χ1n) is 8.76. The van der Waals surface area contributed by atoms with Crippen LogP contribution in [0.15, 0.2) is 30.3 Å². The minimum atomic E-state index is -0.468. The predicted molar refractivity (Wildman–Crippen MR) is 95.3 cm³/mol. The number of non-ortho nitro benzene ring substituents is 1. The van der Waals surface area contributed by atoms with Gasteiger partial charge in [0, 0.05) is 43.9 Å². The molecule has 8 nitrogen and oxygen atoms in total. The summed E-state index contributed by atoms with van der Waals surface area (Å²) in [6.45, 7) is 2.58. The smallest absolute Gasteiger partial charge is 0.269 e. The lowest BCUT2D eigenvalue weighted by atomic mass is 10.1. The highest BCUT2D eigenvalue weighted by atomic mass is 16.6.